The Morgan fingerprint density at radius 3 is 2.74 bits per heavy atom. The number of carbonyl (C=O) groups is 1. The number of nitrogens with zero attached hydrogens (tertiary/aromatic N) is 1. The summed E-state index contributed by atoms with van der Waals surface area (Å²) in [6.07, 6.45) is 3.16. The van der Waals surface area contributed by atoms with Gasteiger partial charge in [-0.1, -0.05) is 18.2 Å². The fourth-order valence-electron chi connectivity index (χ4n) is 3.37. The van der Waals surface area contributed by atoms with Crippen LogP contribution < -0.4 is 14.9 Å². The highest BCUT2D eigenvalue weighted by atomic mass is 16.7. The summed E-state index contributed by atoms with van der Waals surface area (Å²) in [6.45, 7) is 0.620. The van der Waals surface area contributed by atoms with Crippen LogP contribution in [0, 0.1) is 0 Å². The molecule has 5 rings (SSSR count). The molecule has 1 aliphatic carbocycles. The summed E-state index contributed by atoms with van der Waals surface area (Å²) in [5, 5.41) is 0.419. The van der Waals surface area contributed by atoms with Crippen molar-refractivity contribution in [2.45, 2.75) is 25.4 Å². The zero-order valence-electron chi connectivity index (χ0n) is 14.5. The average molecular weight is 363 g/mol. The first-order valence-corrected chi connectivity index (χ1v) is 8.91. The lowest BCUT2D eigenvalue weighted by Gasteiger charge is -2.22. The van der Waals surface area contributed by atoms with Gasteiger partial charge in [-0.3, -0.25) is 9.59 Å². The van der Waals surface area contributed by atoms with Crippen LogP contribution in [-0.2, 0) is 6.54 Å². The Morgan fingerprint density at radius 1 is 1.07 bits per heavy atom. The largest absolute Gasteiger partial charge is 0.463 e. The van der Waals surface area contributed by atoms with Crippen LogP contribution in [0.5, 0.6) is 11.5 Å². The molecule has 0 bridgehead atoms. The first-order valence-electron chi connectivity index (χ1n) is 8.91. The lowest BCUT2D eigenvalue weighted by atomic mass is 10.1. The highest BCUT2D eigenvalue weighted by Crippen LogP contribution is 2.35. The maximum atomic E-state index is 13.1. The lowest BCUT2D eigenvalue weighted by Crippen LogP contribution is -2.35. The molecule has 0 radical (unpaired) electrons. The Kier molecular flexibility index (Phi) is 3.63. The van der Waals surface area contributed by atoms with Gasteiger partial charge < -0.3 is 18.8 Å². The Hall–Kier alpha value is -3.28. The minimum Gasteiger partial charge on any atom is -0.463 e. The van der Waals surface area contributed by atoms with Gasteiger partial charge in [0.25, 0.3) is 5.91 Å². The number of amides is 1. The van der Waals surface area contributed by atoms with Crippen molar-refractivity contribution in [3.63, 3.8) is 0 Å². The second-order valence-corrected chi connectivity index (χ2v) is 6.83. The maximum Gasteiger partial charge on any atom is 0.261 e. The van der Waals surface area contributed by atoms with Crippen molar-refractivity contribution in [1.29, 1.82) is 0 Å². The summed E-state index contributed by atoms with van der Waals surface area (Å²) in [7, 11) is 0. The van der Waals surface area contributed by atoms with E-state index in [1.165, 1.54) is 6.26 Å². The van der Waals surface area contributed by atoms with Gasteiger partial charge >= 0.3 is 0 Å². The number of carbonyl (C=O) groups excluding carboxylic acids is 1. The molecule has 1 saturated carbocycles. The Morgan fingerprint density at radius 2 is 1.89 bits per heavy atom. The molecule has 2 heterocycles. The number of fused-ring (bicyclic) bond motifs is 2. The van der Waals surface area contributed by atoms with E-state index in [0.717, 1.165) is 18.4 Å². The Bertz CT molecular complexity index is 1100. The monoisotopic (exact) mass is 363 g/mol. The van der Waals surface area contributed by atoms with E-state index in [2.05, 4.69) is 0 Å². The quantitative estimate of drug-likeness (QED) is 0.711. The molecule has 0 unspecified atom stereocenters. The van der Waals surface area contributed by atoms with Crippen molar-refractivity contribution in [2.75, 3.05) is 6.79 Å². The van der Waals surface area contributed by atoms with Crippen LogP contribution in [0.15, 0.2) is 57.9 Å². The van der Waals surface area contributed by atoms with Crippen LogP contribution in [0.1, 0.15) is 28.8 Å². The van der Waals surface area contributed by atoms with Crippen molar-refractivity contribution in [3.05, 3.63) is 70.1 Å². The second kappa shape index (κ2) is 6.16. The number of benzene rings is 2. The fourth-order valence-corrected chi connectivity index (χ4v) is 3.37. The van der Waals surface area contributed by atoms with E-state index in [4.69, 9.17) is 13.9 Å². The summed E-state index contributed by atoms with van der Waals surface area (Å²) >= 11 is 0. The van der Waals surface area contributed by atoms with Gasteiger partial charge in [0, 0.05) is 12.6 Å². The maximum absolute atomic E-state index is 13.1. The minimum absolute atomic E-state index is 0.0707. The van der Waals surface area contributed by atoms with Gasteiger partial charge in [-0.05, 0) is 42.7 Å². The van der Waals surface area contributed by atoms with E-state index < -0.39 is 0 Å². The van der Waals surface area contributed by atoms with Gasteiger partial charge in [0.1, 0.15) is 17.4 Å². The third-order valence-electron chi connectivity index (χ3n) is 4.95. The first-order chi connectivity index (χ1) is 13.2. The molecule has 0 atom stereocenters. The van der Waals surface area contributed by atoms with Gasteiger partial charge in [0.2, 0.25) is 12.2 Å². The predicted molar refractivity (Wildman–Crippen MR) is 97.9 cm³/mol. The molecule has 2 aliphatic rings. The van der Waals surface area contributed by atoms with Crippen LogP contribution in [-0.4, -0.2) is 23.6 Å². The van der Waals surface area contributed by atoms with E-state index in [-0.39, 0.29) is 29.7 Å². The highest BCUT2D eigenvalue weighted by Gasteiger charge is 2.34. The molecule has 0 N–H and O–H groups in total. The Balaban J connectivity index is 1.48. The van der Waals surface area contributed by atoms with Gasteiger partial charge in [-0.15, -0.1) is 0 Å². The van der Waals surface area contributed by atoms with E-state index in [1.54, 1.807) is 29.2 Å². The molecular weight excluding hydrogens is 346 g/mol. The van der Waals surface area contributed by atoms with E-state index >= 15 is 0 Å². The van der Waals surface area contributed by atoms with Gasteiger partial charge in [0.15, 0.2) is 11.5 Å². The average Bonchev–Trinajstić information content (AvgIpc) is 3.43. The molecule has 136 valence electrons. The van der Waals surface area contributed by atoms with Crippen molar-refractivity contribution in [3.8, 4) is 11.5 Å². The van der Waals surface area contributed by atoms with Crippen LogP contribution in [0.25, 0.3) is 11.0 Å². The summed E-state index contributed by atoms with van der Waals surface area (Å²) in [5.41, 5.74) is 1.19. The van der Waals surface area contributed by atoms with E-state index in [1.807, 2.05) is 18.2 Å². The predicted octanol–water partition coefficient (Wildman–Crippen LogP) is 3.33. The summed E-state index contributed by atoms with van der Waals surface area (Å²) in [6, 6.07) is 12.7. The molecule has 1 aliphatic heterocycles. The van der Waals surface area contributed by atoms with Crippen LogP contribution in [0.2, 0.25) is 0 Å². The molecule has 2 aromatic carbocycles. The summed E-state index contributed by atoms with van der Waals surface area (Å²) in [5.74, 6) is 1.09. The molecule has 27 heavy (non-hydrogen) atoms. The van der Waals surface area contributed by atoms with Crippen molar-refractivity contribution < 1.29 is 18.7 Å². The standard InChI is InChI=1S/C21H17NO5/c23-20-15-3-1-2-4-17(15)25-11-16(20)21(24)22(14-6-7-14)10-13-5-8-18-19(9-13)27-12-26-18/h1-5,8-9,11,14H,6-7,10,12H2. The zero-order chi connectivity index (χ0) is 18.4. The van der Waals surface area contributed by atoms with E-state index in [9.17, 15) is 9.59 Å². The summed E-state index contributed by atoms with van der Waals surface area (Å²) < 4.78 is 16.3. The first kappa shape index (κ1) is 15.9. The SMILES string of the molecule is O=C(c1coc2ccccc2c1=O)N(Cc1ccc2c(c1)OCO2)C1CC1. The fraction of sp³-hybridized carbons (Fsp3) is 0.238. The summed E-state index contributed by atoms with van der Waals surface area (Å²) in [4.78, 5) is 27.7. The normalized spacial score (nSPS) is 15.1. The number of hydrogen-bond donors (Lipinski definition) is 0. The molecule has 0 saturated heterocycles. The van der Waals surface area contributed by atoms with Crippen LogP contribution in [0.4, 0.5) is 0 Å². The number of para-hydroxylation sites is 1. The topological polar surface area (TPSA) is 69.0 Å². The number of hydrogen-bond acceptors (Lipinski definition) is 5. The number of rotatable bonds is 4. The van der Waals surface area contributed by atoms with Crippen molar-refractivity contribution >= 4 is 16.9 Å². The number of ether oxygens (including phenoxy) is 2. The Labute approximate surface area is 154 Å². The van der Waals surface area contributed by atoms with Crippen molar-refractivity contribution in [2.24, 2.45) is 0 Å². The van der Waals surface area contributed by atoms with Gasteiger partial charge in [-0.25, -0.2) is 0 Å². The lowest BCUT2D eigenvalue weighted by molar-refractivity contribution is 0.0726. The van der Waals surface area contributed by atoms with Gasteiger partial charge in [0.05, 0.1) is 5.39 Å². The molecule has 6 heteroatoms. The molecule has 6 nitrogen and oxygen atoms in total. The molecule has 1 aromatic heterocycles. The van der Waals surface area contributed by atoms with Gasteiger partial charge in [-0.2, -0.15) is 0 Å². The molecule has 1 amide bonds. The second-order valence-electron chi connectivity index (χ2n) is 6.83. The van der Waals surface area contributed by atoms with E-state index in [0.29, 0.717) is 29.0 Å². The highest BCUT2D eigenvalue weighted by molar-refractivity contribution is 5.96. The third-order valence-corrected chi connectivity index (χ3v) is 4.95. The third kappa shape index (κ3) is 2.83. The van der Waals surface area contributed by atoms with Crippen LogP contribution >= 0.6 is 0 Å². The zero-order valence-corrected chi connectivity index (χ0v) is 14.5. The van der Waals surface area contributed by atoms with Crippen LogP contribution in [0.3, 0.4) is 0 Å². The smallest absolute Gasteiger partial charge is 0.261 e. The molecule has 1 fully saturated rings. The van der Waals surface area contributed by atoms with Crippen molar-refractivity contribution in [1.82, 2.24) is 4.90 Å². The minimum atomic E-state index is -0.297. The molecular formula is C21H17NO5. The molecule has 3 aromatic rings. The molecule has 0 spiro atoms.